The van der Waals surface area contributed by atoms with Gasteiger partial charge in [0.15, 0.2) is 6.10 Å². The van der Waals surface area contributed by atoms with E-state index in [9.17, 15) is 9.59 Å². The molecule has 0 aliphatic heterocycles. The minimum Gasteiger partial charge on any atom is -0.448 e. The number of esters is 1. The van der Waals surface area contributed by atoms with Crippen molar-refractivity contribution < 1.29 is 14.3 Å². The molecule has 3 rings (SSSR count). The van der Waals surface area contributed by atoms with E-state index in [0.29, 0.717) is 4.88 Å². The Balaban J connectivity index is 1.73. The van der Waals surface area contributed by atoms with E-state index in [0.717, 1.165) is 16.0 Å². The summed E-state index contributed by atoms with van der Waals surface area (Å²) in [4.78, 5) is 26.4. The van der Waals surface area contributed by atoms with Crippen LogP contribution >= 0.6 is 11.3 Å². The number of benzene rings is 2. The van der Waals surface area contributed by atoms with Gasteiger partial charge in [0.25, 0.3) is 5.91 Å². The van der Waals surface area contributed by atoms with Crippen molar-refractivity contribution in [3.8, 4) is 0 Å². The van der Waals surface area contributed by atoms with E-state index in [4.69, 9.17) is 4.74 Å². The van der Waals surface area contributed by atoms with Crippen LogP contribution in [0.3, 0.4) is 0 Å². The Morgan fingerprint density at radius 3 is 1.93 bits per heavy atom. The Hall–Kier alpha value is -2.92. The molecule has 1 atom stereocenters. The van der Waals surface area contributed by atoms with Gasteiger partial charge in [-0.3, -0.25) is 4.79 Å². The van der Waals surface area contributed by atoms with E-state index in [2.05, 4.69) is 5.32 Å². The number of amides is 1. The van der Waals surface area contributed by atoms with Crippen LogP contribution in [0.4, 0.5) is 0 Å². The van der Waals surface area contributed by atoms with Gasteiger partial charge in [0, 0.05) is 4.88 Å². The molecule has 0 saturated heterocycles. The second-order valence-electron chi connectivity index (χ2n) is 6.22. The van der Waals surface area contributed by atoms with Crippen molar-refractivity contribution in [2.45, 2.75) is 26.0 Å². The molecule has 2 aromatic carbocycles. The van der Waals surface area contributed by atoms with Gasteiger partial charge in [-0.1, -0.05) is 60.7 Å². The van der Waals surface area contributed by atoms with E-state index < -0.39 is 12.1 Å². The predicted octanol–water partition coefficient (Wildman–Crippen LogP) is 4.51. The van der Waals surface area contributed by atoms with Crippen LogP contribution in [0.2, 0.25) is 0 Å². The lowest BCUT2D eigenvalue weighted by Crippen LogP contribution is -2.38. The Morgan fingerprint density at radius 2 is 1.44 bits per heavy atom. The van der Waals surface area contributed by atoms with Crippen molar-refractivity contribution in [3.63, 3.8) is 0 Å². The lowest BCUT2D eigenvalue weighted by molar-refractivity contribution is -0.129. The average Bonchev–Trinajstić information content (AvgIpc) is 3.13. The molecule has 0 aliphatic rings. The number of thiophene rings is 1. The van der Waals surface area contributed by atoms with Crippen LogP contribution in [-0.4, -0.2) is 18.0 Å². The number of carbonyl (C=O) groups is 2. The van der Waals surface area contributed by atoms with Crippen LogP contribution in [0.25, 0.3) is 0 Å². The summed E-state index contributed by atoms with van der Waals surface area (Å²) in [5, 5.41) is 3.00. The van der Waals surface area contributed by atoms with E-state index >= 15 is 0 Å². The minimum atomic E-state index is -0.894. The highest BCUT2D eigenvalue weighted by Crippen LogP contribution is 2.22. The molecule has 0 unspecified atom stereocenters. The molecule has 0 saturated carbocycles. The number of nitrogens with one attached hydrogen (secondary N) is 1. The van der Waals surface area contributed by atoms with Crippen molar-refractivity contribution in [1.82, 2.24) is 5.32 Å². The molecule has 0 bridgehead atoms. The fourth-order valence-corrected chi connectivity index (χ4v) is 3.48. The molecule has 1 aromatic heterocycles. The summed E-state index contributed by atoms with van der Waals surface area (Å²) in [5.41, 5.74) is 1.92. The smallest absolute Gasteiger partial charge is 0.349 e. The average molecular weight is 379 g/mol. The second kappa shape index (κ2) is 8.64. The molecule has 0 spiro atoms. The van der Waals surface area contributed by atoms with E-state index in [1.807, 2.05) is 73.7 Å². The standard InChI is InChI=1S/C22H21NO3S/c1-15-13-14-19(27-15)22(25)26-16(2)21(24)23-20(17-9-5-3-6-10-17)18-11-7-4-8-12-18/h3-14,16,20H,1-2H3,(H,23,24)/t16-/m0/s1. The maximum atomic E-state index is 12.7. The van der Waals surface area contributed by atoms with E-state index in [1.165, 1.54) is 11.3 Å². The van der Waals surface area contributed by atoms with Crippen LogP contribution < -0.4 is 5.32 Å². The van der Waals surface area contributed by atoms with Crippen molar-refractivity contribution in [1.29, 1.82) is 0 Å². The highest BCUT2D eigenvalue weighted by molar-refractivity contribution is 7.13. The molecule has 1 heterocycles. The van der Waals surface area contributed by atoms with E-state index in [-0.39, 0.29) is 11.9 Å². The molecule has 0 fully saturated rings. The van der Waals surface area contributed by atoms with Gasteiger partial charge < -0.3 is 10.1 Å². The maximum Gasteiger partial charge on any atom is 0.349 e. The van der Waals surface area contributed by atoms with Gasteiger partial charge in [0.05, 0.1) is 6.04 Å². The largest absolute Gasteiger partial charge is 0.448 e. The summed E-state index contributed by atoms with van der Waals surface area (Å²) >= 11 is 1.35. The van der Waals surface area contributed by atoms with Gasteiger partial charge in [-0.2, -0.15) is 0 Å². The zero-order valence-electron chi connectivity index (χ0n) is 15.2. The molecule has 5 heteroatoms. The molecule has 138 valence electrons. The summed E-state index contributed by atoms with van der Waals surface area (Å²) in [6, 6.07) is 22.7. The van der Waals surface area contributed by atoms with Crippen molar-refractivity contribution in [2.75, 3.05) is 0 Å². The maximum absolute atomic E-state index is 12.7. The summed E-state index contributed by atoms with van der Waals surface area (Å²) < 4.78 is 5.34. The number of hydrogen-bond acceptors (Lipinski definition) is 4. The lowest BCUT2D eigenvalue weighted by Gasteiger charge is -2.22. The first-order chi connectivity index (χ1) is 13.0. The lowest BCUT2D eigenvalue weighted by atomic mass is 9.98. The van der Waals surface area contributed by atoms with Crippen LogP contribution in [-0.2, 0) is 9.53 Å². The summed E-state index contributed by atoms with van der Waals surface area (Å²) in [5.74, 6) is -0.818. The van der Waals surface area contributed by atoms with Gasteiger partial charge in [-0.05, 0) is 37.1 Å². The highest BCUT2D eigenvalue weighted by atomic mass is 32.1. The minimum absolute atomic E-state index is 0.315. The fraction of sp³-hybridized carbons (Fsp3) is 0.182. The Kier molecular flexibility index (Phi) is 6.04. The quantitative estimate of drug-likeness (QED) is 0.641. The molecule has 1 N–H and O–H groups in total. The first-order valence-electron chi connectivity index (χ1n) is 8.72. The van der Waals surface area contributed by atoms with Crippen molar-refractivity contribution in [3.05, 3.63) is 93.7 Å². The zero-order valence-corrected chi connectivity index (χ0v) is 16.0. The van der Waals surface area contributed by atoms with Crippen molar-refractivity contribution >= 4 is 23.2 Å². The molecule has 1 amide bonds. The predicted molar refractivity (Wildman–Crippen MR) is 107 cm³/mol. The molecule has 4 nitrogen and oxygen atoms in total. The molecule has 3 aromatic rings. The van der Waals surface area contributed by atoms with Crippen LogP contribution in [0.15, 0.2) is 72.8 Å². The Morgan fingerprint density at radius 1 is 0.889 bits per heavy atom. The summed E-state index contributed by atoms with van der Waals surface area (Å²) in [6.45, 7) is 3.50. The van der Waals surface area contributed by atoms with Gasteiger partial charge in [0.2, 0.25) is 0 Å². The molecular formula is C22H21NO3S. The molecular weight excluding hydrogens is 358 g/mol. The SMILES string of the molecule is Cc1ccc(C(=O)O[C@@H](C)C(=O)NC(c2ccccc2)c2ccccc2)s1. The van der Waals surface area contributed by atoms with Gasteiger partial charge in [-0.25, -0.2) is 4.79 Å². The Bertz CT molecular complexity index is 866. The molecule has 0 radical (unpaired) electrons. The van der Waals surface area contributed by atoms with Crippen molar-refractivity contribution in [2.24, 2.45) is 0 Å². The fourth-order valence-electron chi connectivity index (χ4n) is 2.73. The third-order valence-corrected chi connectivity index (χ3v) is 5.13. The monoisotopic (exact) mass is 379 g/mol. The van der Waals surface area contributed by atoms with Crippen LogP contribution in [0.1, 0.15) is 38.6 Å². The van der Waals surface area contributed by atoms with Gasteiger partial charge in [-0.15, -0.1) is 11.3 Å². The molecule has 27 heavy (non-hydrogen) atoms. The van der Waals surface area contributed by atoms with Gasteiger partial charge >= 0.3 is 5.97 Å². The number of hydrogen-bond donors (Lipinski definition) is 1. The third-order valence-electron chi connectivity index (χ3n) is 4.15. The highest BCUT2D eigenvalue weighted by Gasteiger charge is 2.24. The zero-order chi connectivity index (χ0) is 19.2. The third kappa shape index (κ3) is 4.83. The van der Waals surface area contributed by atoms with Crippen LogP contribution in [0.5, 0.6) is 0 Å². The second-order valence-corrected chi connectivity index (χ2v) is 7.51. The number of carbonyl (C=O) groups excluding carboxylic acids is 2. The summed E-state index contributed by atoms with van der Waals surface area (Å²) in [6.07, 6.45) is -0.894. The normalized spacial score (nSPS) is 11.8. The number of aryl methyl sites for hydroxylation is 1. The van der Waals surface area contributed by atoms with Crippen LogP contribution in [0, 0.1) is 6.92 Å². The Labute approximate surface area is 162 Å². The summed E-state index contributed by atoms with van der Waals surface area (Å²) in [7, 11) is 0. The first-order valence-corrected chi connectivity index (χ1v) is 9.54. The first kappa shape index (κ1) is 18.9. The van der Waals surface area contributed by atoms with E-state index in [1.54, 1.807) is 13.0 Å². The topological polar surface area (TPSA) is 55.4 Å². The van der Waals surface area contributed by atoms with Gasteiger partial charge in [0.1, 0.15) is 4.88 Å². The number of rotatable bonds is 6. The number of ether oxygens (including phenoxy) is 1. The molecule has 0 aliphatic carbocycles.